The largest absolute Gasteiger partial charge is 0.392 e. The minimum Gasteiger partial charge on any atom is -0.392 e. The van der Waals surface area contributed by atoms with Crippen molar-refractivity contribution in [3.05, 3.63) is 42.5 Å². The predicted octanol–water partition coefficient (Wildman–Crippen LogP) is 2.78. The Balaban J connectivity index is 2.80. The minimum absolute atomic E-state index is 0.0340. The Morgan fingerprint density at radius 1 is 1.10 bits per heavy atom. The molecule has 1 aromatic rings. The second-order valence-corrected chi connectivity index (χ2v) is 7.73. The number of hydrogen-bond donors (Lipinski definition) is 3. The number of anilines is 1. The molecular formula is C23H32N2O5. The van der Waals surface area contributed by atoms with E-state index in [-0.39, 0.29) is 55.2 Å². The summed E-state index contributed by atoms with van der Waals surface area (Å²) in [7, 11) is 0. The maximum Gasteiger partial charge on any atom is 0.228 e. The Hall–Kier alpha value is -2.80. The van der Waals surface area contributed by atoms with Crippen LogP contribution in [0.15, 0.2) is 36.9 Å². The van der Waals surface area contributed by atoms with Crippen LogP contribution in [0.1, 0.15) is 52.0 Å². The fourth-order valence-electron chi connectivity index (χ4n) is 2.95. The van der Waals surface area contributed by atoms with Crippen molar-refractivity contribution in [2.75, 3.05) is 5.32 Å². The second kappa shape index (κ2) is 12.7. The Morgan fingerprint density at radius 2 is 1.73 bits per heavy atom. The standard InChI is InChI=1S/C23H32N2O5/c1-5-6-18(23(30)24-19-10-8-17(14-26)9-11-19)13-20(28)22(15(2)3)25-21(29)12-7-16(4)27/h5,8-11,15,18,22,26H,1,6-7,12-14H2,2-4H3,(H,24,30)(H,25,29)/t18-,22+/m1/s1. The molecule has 1 aromatic carbocycles. The van der Waals surface area contributed by atoms with E-state index in [4.69, 9.17) is 5.11 Å². The van der Waals surface area contributed by atoms with Gasteiger partial charge in [-0.25, -0.2) is 0 Å². The second-order valence-electron chi connectivity index (χ2n) is 7.73. The van der Waals surface area contributed by atoms with Gasteiger partial charge in [0, 0.05) is 30.9 Å². The lowest BCUT2D eigenvalue weighted by Crippen LogP contribution is -2.45. The van der Waals surface area contributed by atoms with Gasteiger partial charge in [-0.3, -0.25) is 14.4 Å². The van der Waals surface area contributed by atoms with Gasteiger partial charge in [-0.1, -0.05) is 32.1 Å². The zero-order chi connectivity index (χ0) is 22.7. The quantitative estimate of drug-likeness (QED) is 0.428. The van der Waals surface area contributed by atoms with Crippen LogP contribution in [0, 0.1) is 11.8 Å². The number of hydrogen-bond acceptors (Lipinski definition) is 5. The fourth-order valence-corrected chi connectivity index (χ4v) is 2.95. The van der Waals surface area contributed by atoms with E-state index in [1.807, 2.05) is 13.8 Å². The monoisotopic (exact) mass is 416 g/mol. The number of allylic oxidation sites excluding steroid dienone is 1. The zero-order valence-electron chi connectivity index (χ0n) is 17.9. The van der Waals surface area contributed by atoms with Gasteiger partial charge in [0.1, 0.15) is 5.78 Å². The summed E-state index contributed by atoms with van der Waals surface area (Å²) < 4.78 is 0. The molecule has 0 bridgehead atoms. The zero-order valence-corrected chi connectivity index (χ0v) is 17.9. The highest BCUT2D eigenvalue weighted by atomic mass is 16.3. The normalized spacial score (nSPS) is 12.7. The predicted molar refractivity (Wildman–Crippen MR) is 116 cm³/mol. The third-order valence-electron chi connectivity index (χ3n) is 4.71. The number of benzene rings is 1. The molecular weight excluding hydrogens is 384 g/mol. The summed E-state index contributed by atoms with van der Waals surface area (Å²) in [5, 5.41) is 14.6. The van der Waals surface area contributed by atoms with E-state index in [2.05, 4.69) is 17.2 Å². The van der Waals surface area contributed by atoms with Crippen LogP contribution in [0.5, 0.6) is 0 Å². The molecule has 0 aliphatic carbocycles. The van der Waals surface area contributed by atoms with Crippen molar-refractivity contribution in [3.8, 4) is 0 Å². The number of amides is 2. The fraction of sp³-hybridized carbons (Fsp3) is 0.478. The topological polar surface area (TPSA) is 113 Å². The molecule has 0 heterocycles. The molecule has 0 saturated carbocycles. The van der Waals surface area contributed by atoms with E-state index in [1.165, 1.54) is 6.92 Å². The minimum atomic E-state index is -0.728. The smallest absolute Gasteiger partial charge is 0.228 e. The molecule has 164 valence electrons. The van der Waals surface area contributed by atoms with Crippen LogP contribution in [-0.4, -0.2) is 34.5 Å². The van der Waals surface area contributed by atoms with Crippen LogP contribution < -0.4 is 10.6 Å². The summed E-state index contributed by atoms with van der Waals surface area (Å²) >= 11 is 0. The molecule has 0 unspecified atom stereocenters. The van der Waals surface area contributed by atoms with Crippen molar-refractivity contribution < 1.29 is 24.3 Å². The summed E-state index contributed by atoms with van der Waals surface area (Å²) in [6.07, 6.45) is 2.02. The van der Waals surface area contributed by atoms with Gasteiger partial charge in [0.25, 0.3) is 0 Å². The molecule has 0 aliphatic heterocycles. The lowest BCUT2D eigenvalue weighted by Gasteiger charge is -2.23. The van der Waals surface area contributed by atoms with Crippen LogP contribution >= 0.6 is 0 Å². The molecule has 3 N–H and O–H groups in total. The summed E-state index contributed by atoms with van der Waals surface area (Å²) in [6, 6.07) is 6.04. The average Bonchev–Trinajstić information content (AvgIpc) is 2.70. The lowest BCUT2D eigenvalue weighted by atomic mass is 9.90. The van der Waals surface area contributed by atoms with Gasteiger partial charge < -0.3 is 20.5 Å². The highest BCUT2D eigenvalue weighted by Crippen LogP contribution is 2.18. The van der Waals surface area contributed by atoms with Gasteiger partial charge in [0.15, 0.2) is 5.78 Å². The van der Waals surface area contributed by atoms with Gasteiger partial charge in [0.2, 0.25) is 11.8 Å². The first-order valence-corrected chi connectivity index (χ1v) is 10.1. The maximum absolute atomic E-state index is 12.9. The number of nitrogens with one attached hydrogen (secondary N) is 2. The highest BCUT2D eigenvalue weighted by Gasteiger charge is 2.29. The highest BCUT2D eigenvalue weighted by molar-refractivity contribution is 5.97. The number of rotatable bonds is 13. The van der Waals surface area contributed by atoms with Gasteiger partial charge in [-0.05, 0) is 37.0 Å². The van der Waals surface area contributed by atoms with Crippen molar-refractivity contribution >= 4 is 29.1 Å². The molecule has 0 saturated heterocycles. The first-order valence-electron chi connectivity index (χ1n) is 10.1. The summed E-state index contributed by atoms with van der Waals surface area (Å²) in [5.74, 6) is -1.78. The first kappa shape index (κ1) is 25.2. The van der Waals surface area contributed by atoms with Crippen molar-refractivity contribution in [1.82, 2.24) is 5.32 Å². The molecule has 2 amide bonds. The van der Waals surface area contributed by atoms with E-state index in [0.29, 0.717) is 12.1 Å². The van der Waals surface area contributed by atoms with E-state index in [9.17, 15) is 19.2 Å². The van der Waals surface area contributed by atoms with Crippen molar-refractivity contribution in [2.24, 2.45) is 11.8 Å². The maximum atomic E-state index is 12.9. The Kier molecular flexibility index (Phi) is 10.7. The van der Waals surface area contributed by atoms with E-state index < -0.39 is 12.0 Å². The van der Waals surface area contributed by atoms with Gasteiger partial charge >= 0.3 is 0 Å². The van der Waals surface area contributed by atoms with E-state index in [0.717, 1.165) is 5.56 Å². The van der Waals surface area contributed by atoms with Gasteiger partial charge in [0.05, 0.1) is 12.6 Å². The number of carbonyl (C=O) groups is 4. The molecule has 1 rings (SSSR count). The Bertz CT molecular complexity index is 755. The average molecular weight is 417 g/mol. The SMILES string of the molecule is C=CC[C@H](CC(=O)[C@@H](NC(=O)CCC(C)=O)C(C)C)C(=O)Nc1ccc(CO)cc1. The summed E-state index contributed by atoms with van der Waals surface area (Å²) in [5.41, 5.74) is 1.29. The summed E-state index contributed by atoms with van der Waals surface area (Å²) in [4.78, 5) is 48.7. The van der Waals surface area contributed by atoms with Gasteiger partial charge in [-0.15, -0.1) is 6.58 Å². The first-order chi connectivity index (χ1) is 14.2. The van der Waals surface area contributed by atoms with Gasteiger partial charge in [-0.2, -0.15) is 0 Å². The van der Waals surface area contributed by atoms with Crippen molar-refractivity contribution in [2.45, 2.75) is 59.1 Å². The Labute approximate surface area is 177 Å². The van der Waals surface area contributed by atoms with Crippen LogP contribution in [-0.2, 0) is 25.8 Å². The number of carbonyl (C=O) groups excluding carboxylic acids is 4. The Morgan fingerprint density at radius 3 is 2.23 bits per heavy atom. The van der Waals surface area contributed by atoms with Crippen LogP contribution in [0.2, 0.25) is 0 Å². The van der Waals surface area contributed by atoms with E-state index in [1.54, 1.807) is 30.3 Å². The lowest BCUT2D eigenvalue weighted by molar-refractivity contribution is -0.131. The molecule has 7 nitrogen and oxygen atoms in total. The van der Waals surface area contributed by atoms with E-state index >= 15 is 0 Å². The van der Waals surface area contributed by atoms with Crippen molar-refractivity contribution in [3.63, 3.8) is 0 Å². The number of Topliss-reactive ketones (excluding diaryl/α,β-unsaturated/α-hetero) is 2. The number of aliphatic hydroxyl groups is 1. The number of ketones is 2. The molecule has 0 radical (unpaired) electrons. The third-order valence-corrected chi connectivity index (χ3v) is 4.71. The third kappa shape index (κ3) is 8.69. The van der Waals surface area contributed by atoms with Crippen LogP contribution in [0.25, 0.3) is 0 Å². The molecule has 0 fully saturated rings. The van der Waals surface area contributed by atoms with Crippen molar-refractivity contribution in [1.29, 1.82) is 0 Å². The molecule has 0 aliphatic rings. The molecule has 0 spiro atoms. The molecule has 30 heavy (non-hydrogen) atoms. The molecule has 0 aromatic heterocycles. The van der Waals surface area contributed by atoms with Crippen LogP contribution in [0.4, 0.5) is 5.69 Å². The molecule has 7 heteroatoms. The number of aliphatic hydroxyl groups excluding tert-OH is 1. The summed E-state index contributed by atoms with van der Waals surface area (Å²) in [6.45, 7) is 8.63. The van der Waals surface area contributed by atoms with Crippen LogP contribution in [0.3, 0.4) is 0 Å². The molecule has 2 atom stereocenters.